The number of esters is 1. The van der Waals surface area contributed by atoms with E-state index in [4.69, 9.17) is 25.8 Å². The molecule has 0 fully saturated rings. The monoisotopic (exact) mass is 594 g/mol. The zero-order valence-electron chi connectivity index (χ0n) is 22.4. The number of hydrogen-bond acceptors (Lipinski definition) is 8. The van der Waals surface area contributed by atoms with Crippen LogP contribution >= 0.6 is 22.9 Å². The summed E-state index contributed by atoms with van der Waals surface area (Å²) in [5, 5.41) is 22.3. The molecule has 212 valence electrons. The first-order valence-electron chi connectivity index (χ1n) is 12.8. The number of thiophene rings is 1. The molecule has 1 aromatic heterocycles. The molecule has 1 aliphatic carbocycles. The number of rotatable bonds is 10. The van der Waals surface area contributed by atoms with Gasteiger partial charge in [0.05, 0.1) is 29.9 Å². The molecule has 0 spiro atoms. The Hall–Kier alpha value is -4.33. The molecule has 0 bridgehead atoms. The lowest BCUT2D eigenvalue weighted by molar-refractivity contribution is -0.112. The molecular weight excluding hydrogens is 568 g/mol. The van der Waals surface area contributed by atoms with Crippen molar-refractivity contribution in [2.45, 2.75) is 39.2 Å². The predicted octanol–water partition coefficient (Wildman–Crippen LogP) is 6.29. The number of hydrogen-bond donors (Lipinski definition) is 2. The van der Waals surface area contributed by atoms with Crippen molar-refractivity contribution in [3.63, 3.8) is 0 Å². The average molecular weight is 595 g/mol. The van der Waals surface area contributed by atoms with Crippen LogP contribution in [0.4, 0.5) is 5.00 Å². The van der Waals surface area contributed by atoms with Gasteiger partial charge in [-0.3, -0.25) is 4.79 Å². The van der Waals surface area contributed by atoms with Crippen molar-refractivity contribution in [3.8, 4) is 17.6 Å². The topological polar surface area (TPSA) is 135 Å². The van der Waals surface area contributed by atoms with Gasteiger partial charge in [-0.05, 0) is 79.6 Å². The van der Waals surface area contributed by atoms with Gasteiger partial charge >= 0.3 is 11.9 Å². The van der Waals surface area contributed by atoms with Crippen LogP contribution < -0.4 is 14.8 Å². The van der Waals surface area contributed by atoms with E-state index in [1.807, 2.05) is 6.07 Å². The Labute approximate surface area is 245 Å². The van der Waals surface area contributed by atoms with E-state index in [0.717, 1.165) is 36.1 Å². The molecule has 0 radical (unpaired) electrons. The second-order valence-corrected chi connectivity index (χ2v) is 10.6. The molecule has 0 aliphatic heterocycles. The van der Waals surface area contributed by atoms with Gasteiger partial charge in [0.15, 0.2) is 11.5 Å². The van der Waals surface area contributed by atoms with Crippen molar-refractivity contribution in [2.75, 3.05) is 19.0 Å². The molecule has 2 aromatic carbocycles. The third-order valence-electron chi connectivity index (χ3n) is 6.36. The van der Waals surface area contributed by atoms with Crippen molar-refractivity contribution >= 4 is 51.9 Å². The number of methoxy groups -OCH3 is 1. The second kappa shape index (κ2) is 13.4. The Balaban J connectivity index is 1.57. The maximum atomic E-state index is 13.2. The summed E-state index contributed by atoms with van der Waals surface area (Å²) in [6, 6.07) is 11.3. The maximum absolute atomic E-state index is 13.2. The highest BCUT2D eigenvalue weighted by Crippen LogP contribution is 2.40. The first-order valence-corrected chi connectivity index (χ1v) is 14.0. The van der Waals surface area contributed by atoms with Crippen LogP contribution in [0.3, 0.4) is 0 Å². The fourth-order valence-electron chi connectivity index (χ4n) is 4.47. The van der Waals surface area contributed by atoms with E-state index >= 15 is 0 Å². The second-order valence-electron chi connectivity index (χ2n) is 9.09. The van der Waals surface area contributed by atoms with Crippen LogP contribution in [0.25, 0.3) is 6.08 Å². The number of anilines is 1. The smallest absolute Gasteiger partial charge is 0.341 e. The van der Waals surface area contributed by atoms with E-state index in [-0.39, 0.29) is 40.9 Å². The normalized spacial score (nSPS) is 12.6. The number of ether oxygens (including phenoxy) is 3. The number of amides is 1. The molecule has 0 unspecified atom stereocenters. The van der Waals surface area contributed by atoms with Crippen molar-refractivity contribution in [3.05, 3.63) is 79.7 Å². The lowest BCUT2D eigenvalue weighted by atomic mass is 9.95. The molecule has 4 rings (SSSR count). The number of nitrogens with zero attached hydrogens (tertiary/aromatic N) is 1. The Bertz CT molecular complexity index is 1570. The summed E-state index contributed by atoms with van der Waals surface area (Å²) in [5.74, 6) is -1.74. The Morgan fingerprint density at radius 1 is 1.20 bits per heavy atom. The summed E-state index contributed by atoms with van der Waals surface area (Å²) in [6.07, 6.45) is 4.87. The zero-order valence-corrected chi connectivity index (χ0v) is 24.0. The van der Waals surface area contributed by atoms with Crippen molar-refractivity contribution in [1.82, 2.24) is 0 Å². The van der Waals surface area contributed by atoms with Gasteiger partial charge < -0.3 is 24.6 Å². The van der Waals surface area contributed by atoms with Gasteiger partial charge in [0.2, 0.25) is 0 Å². The number of carbonyl (C=O) groups excluding carboxylic acids is 2. The number of nitriles is 1. The standard InChI is InChI=1S/C30H27ClN2O7S/c1-3-39-30(37)25-21-9-4-5-10-24(21)41-28(25)33-27(34)20(15-32)12-18-13-22(31)26(23(14-18)38-2)40-16-17-7-6-8-19(11-17)29(35)36/h6-8,11-14H,3-5,9-10,16H2,1-2H3,(H,33,34)(H,35,36)/b20-12+. The molecule has 0 saturated heterocycles. The van der Waals surface area contributed by atoms with Crippen LogP contribution in [0.2, 0.25) is 5.02 Å². The molecule has 1 amide bonds. The quantitative estimate of drug-likeness (QED) is 0.159. The van der Waals surface area contributed by atoms with Crippen LogP contribution in [-0.2, 0) is 29.0 Å². The average Bonchev–Trinajstić information content (AvgIpc) is 3.33. The molecule has 3 aromatic rings. The van der Waals surface area contributed by atoms with Crippen LogP contribution in [-0.4, -0.2) is 36.7 Å². The molecule has 0 saturated carbocycles. The first kappa shape index (κ1) is 29.6. The molecule has 1 heterocycles. The largest absolute Gasteiger partial charge is 0.493 e. The number of aromatic carboxylic acids is 1. The number of nitrogens with one attached hydrogen (secondary N) is 1. The summed E-state index contributed by atoms with van der Waals surface area (Å²) >= 11 is 7.81. The Morgan fingerprint density at radius 3 is 2.68 bits per heavy atom. The fraction of sp³-hybridized carbons (Fsp3) is 0.267. The van der Waals surface area contributed by atoms with E-state index < -0.39 is 17.8 Å². The highest BCUT2D eigenvalue weighted by molar-refractivity contribution is 7.17. The van der Waals surface area contributed by atoms with Gasteiger partial charge in [0, 0.05) is 4.88 Å². The highest BCUT2D eigenvalue weighted by Gasteiger charge is 2.28. The molecule has 0 atom stereocenters. The van der Waals surface area contributed by atoms with E-state index in [1.54, 1.807) is 25.1 Å². The number of carboxylic acid groups (broad SMARTS) is 1. The molecule has 1 aliphatic rings. The predicted molar refractivity (Wildman–Crippen MR) is 155 cm³/mol. The molecule has 9 nitrogen and oxygen atoms in total. The van der Waals surface area contributed by atoms with Gasteiger partial charge in [-0.1, -0.05) is 23.7 Å². The van der Waals surface area contributed by atoms with E-state index in [0.29, 0.717) is 21.7 Å². The molecule has 2 N–H and O–H groups in total. The van der Waals surface area contributed by atoms with E-state index in [2.05, 4.69) is 5.32 Å². The summed E-state index contributed by atoms with van der Waals surface area (Å²) in [6.45, 7) is 1.96. The summed E-state index contributed by atoms with van der Waals surface area (Å²) in [5.41, 5.74) is 2.21. The lowest BCUT2D eigenvalue weighted by Gasteiger charge is -2.14. The number of fused-ring (bicyclic) bond motifs is 1. The van der Waals surface area contributed by atoms with Crippen molar-refractivity contribution in [1.29, 1.82) is 5.26 Å². The minimum absolute atomic E-state index is 0.0336. The van der Waals surface area contributed by atoms with Crippen LogP contribution in [0.1, 0.15) is 62.0 Å². The lowest BCUT2D eigenvalue weighted by Crippen LogP contribution is -2.16. The highest BCUT2D eigenvalue weighted by atomic mass is 35.5. The maximum Gasteiger partial charge on any atom is 0.341 e. The Kier molecular flexibility index (Phi) is 9.65. The number of carbonyl (C=O) groups is 3. The van der Waals surface area contributed by atoms with Crippen molar-refractivity contribution in [2.24, 2.45) is 0 Å². The number of halogens is 1. The number of benzene rings is 2. The zero-order chi connectivity index (χ0) is 29.5. The van der Waals surface area contributed by atoms with Gasteiger partial charge in [0.1, 0.15) is 23.3 Å². The minimum Gasteiger partial charge on any atom is -0.493 e. The van der Waals surface area contributed by atoms with Gasteiger partial charge in [-0.15, -0.1) is 11.3 Å². The van der Waals surface area contributed by atoms with Crippen LogP contribution in [0.5, 0.6) is 11.5 Å². The van der Waals surface area contributed by atoms with Gasteiger partial charge in [-0.25, -0.2) is 9.59 Å². The molecular formula is C30H27ClN2O7S. The summed E-state index contributed by atoms with van der Waals surface area (Å²) < 4.78 is 16.5. The van der Waals surface area contributed by atoms with Crippen LogP contribution in [0, 0.1) is 11.3 Å². The van der Waals surface area contributed by atoms with Crippen molar-refractivity contribution < 1.29 is 33.7 Å². The van der Waals surface area contributed by atoms with Gasteiger partial charge in [0.25, 0.3) is 5.91 Å². The van der Waals surface area contributed by atoms with E-state index in [9.17, 15) is 24.8 Å². The summed E-state index contributed by atoms with van der Waals surface area (Å²) in [7, 11) is 1.42. The van der Waals surface area contributed by atoms with Gasteiger partial charge in [-0.2, -0.15) is 5.26 Å². The minimum atomic E-state index is -1.05. The summed E-state index contributed by atoms with van der Waals surface area (Å²) in [4.78, 5) is 38.2. The molecule has 11 heteroatoms. The first-order chi connectivity index (χ1) is 19.7. The number of aryl methyl sites for hydroxylation is 1. The molecule has 41 heavy (non-hydrogen) atoms. The van der Waals surface area contributed by atoms with E-state index in [1.165, 1.54) is 42.7 Å². The SMILES string of the molecule is CCOC(=O)c1c(NC(=O)/C(C#N)=C/c2cc(Cl)c(OCc3cccc(C(=O)O)c3)c(OC)c2)sc2c1CCCC2. The van der Waals surface area contributed by atoms with Crippen LogP contribution in [0.15, 0.2) is 42.0 Å². The third kappa shape index (κ3) is 6.88. The Morgan fingerprint density at radius 2 is 1.98 bits per heavy atom. The third-order valence-corrected chi connectivity index (χ3v) is 7.85. The number of carboxylic acids is 1. The fourth-order valence-corrected chi connectivity index (χ4v) is 6.02.